The maximum absolute atomic E-state index is 13.3. The summed E-state index contributed by atoms with van der Waals surface area (Å²) >= 11 is 0. The first kappa shape index (κ1) is 18.5. The minimum absolute atomic E-state index is 0.125. The molecule has 0 radical (unpaired) electrons. The summed E-state index contributed by atoms with van der Waals surface area (Å²) in [4.78, 5) is 22.0. The van der Waals surface area contributed by atoms with Crippen LogP contribution in [0.25, 0.3) is 11.0 Å². The van der Waals surface area contributed by atoms with Crippen LogP contribution in [0.1, 0.15) is 46.2 Å². The highest BCUT2D eigenvalue weighted by atomic mass is 19.1. The Morgan fingerprint density at radius 3 is 2.50 bits per heavy atom. The van der Waals surface area contributed by atoms with Gasteiger partial charge in [-0.25, -0.2) is 14.4 Å². The third kappa shape index (κ3) is 3.73. The third-order valence-corrected chi connectivity index (χ3v) is 5.19. The molecule has 0 saturated carbocycles. The molecule has 6 heteroatoms. The predicted octanol–water partition coefficient (Wildman–Crippen LogP) is 4.04. The van der Waals surface area contributed by atoms with E-state index in [4.69, 9.17) is 4.74 Å². The van der Waals surface area contributed by atoms with E-state index in [0.717, 1.165) is 35.3 Å². The second kappa shape index (κ2) is 7.64. The molecule has 3 aromatic rings. The van der Waals surface area contributed by atoms with Gasteiger partial charge in [0.1, 0.15) is 5.82 Å². The van der Waals surface area contributed by atoms with E-state index < -0.39 is 0 Å². The number of aromatic nitrogens is 2. The van der Waals surface area contributed by atoms with Crippen LogP contribution in [0.3, 0.4) is 0 Å². The summed E-state index contributed by atoms with van der Waals surface area (Å²) in [5, 5.41) is 3.07. The molecule has 1 saturated heterocycles. The molecule has 2 heterocycles. The van der Waals surface area contributed by atoms with Crippen LogP contribution >= 0.6 is 0 Å². The Hall–Kier alpha value is -2.86. The lowest BCUT2D eigenvalue weighted by Crippen LogP contribution is -2.36. The van der Waals surface area contributed by atoms with Gasteiger partial charge >= 0.3 is 0 Å². The zero-order valence-corrected chi connectivity index (χ0v) is 15.9. The fourth-order valence-corrected chi connectivity index (χ4v) is 3.52. The minimum Gasteiger partial charge on any atom is -0.376 e. The van der Waals surface area contributed by atoms with Gasteiger partial charge in [-0.05, 0) is 62.6 Å². The number of rotatable bonds is 4. The summed E-state index contributed by atoms with van der Waals surface area (Å²) < 4.78 is 19.1. The summed E-state index contributed by atoms with van der Waals surface area (Å²) in [6, 6.07) is 11.2. The van der Waals surface area contributed by atoms with Crippen LogP contribution < -0.4 is 5.32 Å². The van der Waals surface area contributed by atoms with Crippen LogP contribution in [-0.2, 0) is 4.74 Å². The molecule has 144 valence electrons. The molecule has 1 aromatic heterocycles. The number of nitrogens with zero attached hydrogens (tertiary/aromatic N) is 2. The molecule has 0 bridgehead atoms. The number of carbonyl (C=O) groups is 1. The van der Waals surface area contributed by atoms with Crippen molar-refractivity contribution in [2.24, 2.45) is 0 Å². The summed E-state index contributed by atoms with van der Waals surface area (Å²) in [5.41, 5.74) is 4.50. The molecule has 2 atom stereocenters. The minimum atomic E-state index is -0.336. The summed E-state index contributed by atoms with van der Waals surface area (Å²) in [5.74, 6) is -0.522. The number of aryl methyl sites for hydroxylation is 2. The molecule has 0 spiro atoms. The number of carbonyl (C=O) groups excluding carboxylic acids is 1. The molecule has 1 aliphatic heterocycles. The SMILES string of the molecule is Cc1nc2ccc(C(=O)N[C@H](c3ccc(F)cc3)[C@@H]3CCCO3)cc2nc1C. The third-order valence-electron chi connectivity index (χ3n) is 5.19. The number of fused-ring (bicyclic) bond motifs is 1. The Labute approximate surface area is 163 Å². The normalized spacial score (nSPS) is 17.6. The fourth-order valence-electron chi connectivity index (χ4n) is 3.52. The number of ether oxygens (including phenoxy) is 1. The highest BCUT2D eigenvalue weighted by Gasteiger charge is 2.29. The van der Waals surface area contributed by atoms with Gasteiger partial charge in [-0.2, -0.15) is 0 Å². The molecule has 5 nitrogen and oxygen atoms in total. The lowest BCUT2D eigenvalue weighted by atomic mass is 9.98. The van der Waals surface area contributed by atoms with Crippen LogP contribution in [0.5, 0.6) is 0 Å². The maximum Gasteiger partial charge on any atom is 0.251 e. The van der Waals surface area contributed by atoms with Gasteiger partial charge in [0.2, 0.25) is 0 Å². The first-order valence-corrected chi connectivity index (χ1v) is 9.44. The van der Waals surface area contributed by atoms with Crippen LogP contribution in [0.2, 0.25) is 0 Å². The number of nitrogens with one attached hydrogen (secondary N) is 1. The van der Waals surface area contributed by atoms with Gasteiger partial charge in [0.15, 0.2) is 0 Å². The molecule has 1 amide bonds. The van der Waals surface area contributed by atoms with E-state index in [1.54, 1.807) is 24.3 Å². The summed E-state index contributed by atoms with van der Waals surface area (Å²) in [6.45, 7) is 4.48. The van der Waals surface area contributed by atoms with Crippen LogP contribution in [0.4, 0.5) is 4.39 Å². The largest absolute Gasteiger partial charge is 0.376 e. The summed E-state index contributed by atoms with van der Waals surface area (Å²) in [7, 11) is 0. The van der Waals surface area contributed by atoms with E-state index >= 15 is 0 Å². The van der Waals surface area contributed by atoms with Gasteiger partial charge < -0.3 is 10.1 Å². The van der Waals surface area contributed by atoms with Gasteiger partial charge in [0, 0.05) is 12.2 Å². The number of hydrogen-bond acceptors (Lipinski definition) is 4. The highest BCUT2D eigenvalue weighted by Crippen LogP contribution is 2.28. The van der Waals surface area contributed by atoms with Crippen molar-refractivity contribution in [3.8, 4) is 0 Å². The first-order valence-electron chi connectivity index (χ1n) is 9.44. The number of halogens is 1. The Morgan fingerprint density at radius 2 is 1.82 bits per heavy atom. The monoisotopic (exact) mass is 379 g/mol. The average molecular weight is 379 g/mol. The number of amides is 1. The van der Waals surface area contributed by atoms with Crippen molar-refractivity contribution in [1.82, 2.24) is 15.3 Å². The van der Waals surface area contributed by atoms with Gasteiger partial charge in [-0.1, -0.05) is 12.1 Å². The predicted molar refractivity (Wildman–Crippen MR) is 105 cm³/mol. The van der Waals surface area contributed by atoms with E-state index in [-0.39, 0.29) is 23.9 Å². The van der Waals surface area contributed by atoms with Crippen molar-refractivity contribution in [1.29, 1.82) is 0 Å². The quantitative estimate of drug-likeness (QED) is 0.743. The van der Waals surface area contributed by atoms with Crippen molar-refractivity contribution in [2.45, 2.75) is 38.8 Å². The lowest BCUT2D eigenvalue weighted by Gasteiger charge is -2.25. The number of hydrogen-bond donors (Lipinski definition) is 1. The zero-order valence-electron chi connectivity index (χ0n) is 15.9. The van der Waals surface area contributed by atoms with E-state index in [2.05, 4.69) is 15.3 Å². The Balaban J connectivity index is 1.62. The van der Waals surface area contributed by atoms with Crippen molar-refractivity contribution >= 4 is 16.9 Å². The highest BCUT2D eigenvalue weighted by molar-refractivity contribution is 5.97. The van der Waals surface area contributed by atoms with E-state index in [1.807, 2.05) is 19.9 Å². The molecule has 1 N–H and O–H groups in total. The van der Waals surface area contributed by atoms with Gasteiger partial charge in [0.05, 0.1) is 34.6 Å². The van der Waals surface area contributed by atoms with Crippen LogP contribution in [-0.4, -0.2) is 28.6 Å². The Kier molecular flexibility index (Phi) is 5.05. The van der Waals surface area contributed by atoms with Gasteiger partial charge in [-0.3, -0.25) is 4.79 Å². The Morgan fingerprint density at radius 1 is 1.11 bits per heavy atom. The average Bonchev–Trinajstić information content (AvgIpc) is 3.22. The molecule has 2 aromatic carbocycles. The molecule has 28 heavy (non-hydrogen) atoms. The van der Waals surface area contributed by atoms with E-state index in [0.29, 0.717) is 17.7 Å². The second-order valence-electron chi connectivity index (χ2n) is 7.15. The molecule has 1 aliphatic rings. The lowest BCUT2D eigenvalue weighted by molar-refractivity contribution is 0.0672. The standard InChI is InChI=1S/C22H22FN3O2/c1-13-14(2)25-19-12-16(7-10-18(19)24-13)22(27)26-21(20-4-3-11-28-20)15-5-8-17(23)9-6-15/h5-10,12,20-21H,3-4,11H2,1-2H3,(H,26,27)/t20-,21+/m0/s1. The van der Waals surface area contributed by atoms with Crippen molar-refractivity contribution in [3.63, 3.8) is 0 Å². The first-order chi connectivity index (χ1) is 13.5. The van der Waals surface area contributed by atoms with Crippen LogP contribution in [0.15, 0.2) is 42.5 Å². The van der Waals surface area contributed by atoms with Crippen molar-refractivity contribution in [3.05, 3.63) is 70.8 Å². The topological polar surface area (TPSA) is 64.1 Å². The molecular weight excluding hydrogens is 357 g/mol. The van der Waals surface area contributed by atoms with Crippen LogP contribution in [0, 0.1) is 19.7 Å². The zero-order chi connectivity index (χ0) is 19.7. The molecule has 0 unspecified atom stereocenters. The molecule has 1 fully saturated rings. The van der Waals surface area contributed by atoms with Crippen molar-refractivity contribution in [2.75, 3.05) is 6.61 Å². The van der Waals surface area contributed by atoms with E-state index in [9.17, 15) is 9.18 Å². The Bertz CT molecular complexity index is 1010. The maximum atomic E-state index is 13.3. The fraction of sp³-hybridized carbons (Fsp3) is 0.318. The van der Waals surface area contributed by atoms with Gasteiger partial charge in [0.25, 0.3) is 5.91 Å². The second-order valence-corrected chi connectivity index (χ2v) is 7.15. The molecular formula is C22H22FN3O2. The van der Waals surface area contributed by atoms with Gasteiger partial charge in [-0.15, -0.1) is 0 Å². The number of benzene rings is 2. The summed E-state index contributed by atoms with van der Waals surface area (Å²) in [6.07, 6.45) is 1.67. The van der Waals surface area contributed by atoms with Crippen molar-refractivity contribution < 1.29 is 13.9 Å². The molecule has 0 aliphatic carbocycles. The molecule has 4 rings (SSSR count). The van der Waals surface area contributed by atoms with E-state index in [1.165, 1.54) is 12.1 Å². The smallest absolute Gasteiger partial charge is 0.251 e.